The minimum Gasteiger partial charge on any atom is -0.316 e. The van der Waals surface area contributed by atoms with Gasteiger partial charge in [-0.15, -0.1) is 0 Å². The van der Waals surface area contributed by atoms with Gasteiger partial charge in [-0.2, -0.15) is 5.26 Å². The number of nitriles is 1. The molecule has 1 saturated heterocycles. The van der Waals surface area contributed by atoms with Crippen LogP contribution in [0.1, 0.15) is 65.5 Å². The minimum atomic E-state index is 0.530. The van der Waals surface area contributed by atoms with Gasteiger partial charge in [0.15, 0.2) is 0 Å². The van der Waals surface area contributed by atoms with Crippen molar-refractivity contribution in [2.24, 2.45) is 17.3 Å². The molecule has 0 aliphatic carbocycles. The molecule has 136 valence electrons. The highest BCUT2D eigenvalue weighted by Gasteiger charge is 2.16. The van der Waals surface area contributed by atoms with Gasteiger partial charge >= 0.3 is 0 Å². The first-order valence-electron chi connectivity index (χ1n) is 8.97. The van der Waals surface area contributed by atoms with Crippen LogP contribution >= 0.6 is 11.6 Å². The summed E-state index contributed by atoms with van der Waals surface area (Å²) >= 11 is 5.71. The molecule has 1 aromatic carbocycles. The van der Waals surface area contributed by atoms with Gasteiger partial charge in [0.2, 0.25) is 0 Å². The summed E-state index contributed by atoms with van der Waals surface area (Å²) in [5, 5.41) is 12.4. The zero-order valence-corrected chi connectivity index (χ0v) is 17.3. The molecule has 1 N–H and O–H groups in total. The van der Waals surface area contributed by atoms with Crippen molar-refractivity contribution < 1.29 is 0 Å². The summed E-state index contributed by atoms with van der Waals surface area (Å²) in [6.45, 7) is 18.0. The van der Waals surface area contributed by atoms with Crippen LogP contribution in [0.2, 0.25) is 5.02 Å². The second kappa shape index (κ2) is 11.5. The summed E-state index contributed by atoms with van der Waals surface area (Å²) in [5.41, 5.74) is 2.15. The second-order valence-electron chi connectivity index (χ2n) is 8.01. The molecule has 1 atom stereocenters. The number of benzene rings is 1. The smallest absolute Gasteiger partial charge is 0.101 e. The van der Waals surface area contributed by atoms with E-state index in [0.717, 1.165) is 17.4 Å². The molecule has 24 heavy (non-hydrogen) atoms. The Morgan fingerprint density at radius 2 is 1.92 bits per heavy atom. The lowest BCUT2D eigenvalue weighted by Crippen LogP contribution is -2.12. The number of hydrogen-bond acceptors (Lipinski definition) is 2. The van der Waals surface area contributed by atoms with E-state index in [-0.39, 0.29) is 0 Å². The Kier molecular flexibility index (Phi) is 11.0. The topological polar surface area (TPSA) is 35.8 Å². The molecule has 0 aromatic heterocycles. The fourth-order valence-electron chi connectivity index (χ4n) is 1.96. The van der Waals surface area contributed by atoms with Crippen LogP contribution in [-0.2, 0) is 0 Å². The Morgan fingerprint density at radius 3 is 2.21 bits per heavy atom. The van der Waals surface area contributed by atoms with E-state index in [1.165, 1.54) is 25.9 Å². The lowest BCUT2D eigenvalue weighted by Gasteiger charge is -2.12. The van der Waals surface area contributed by atoms with Gasteiger partial charge in [-0.25, -0.2) is 0 Å². The third-order valence-electron chi connectivity index (χ3n) is 4.35. The first kappa shape index (κ1) is 23.0. The molecule has 1 aliphatic heterocycles. The lowest BCUT2D eigenvalue weighted by atomic mass is 9.94. The van der Waals surface area contributed by atoms with Crippen molar-refractivity contribution in [3.05, 3.63) is 34.3 Å². The van der Waals surface area contributed by atoms with Crippen LogP contribution in [0.15, 0.2) is 18.2 Å². The molecular weight excluding hydrogens is 316 g/mol. The quantitative estimate of drug-likeness (QED) is 0.653. The third kappa shape index (κ3) is 10.7. The van der Waals surface area contributed by atoms with Gasteiger partial charge in [-0.1, -0.05) is 65.6 Å². The molecule has 0 bridgehead atoms. The molecule has 2 rings (SSSR count). The Hall–Kier alpha value is -1.04. The van der Waals surface area contributed by atoms with Crippen molar-refractivity contribution in [2.75, 3.05) is 13.1 Å². The molecule has 2 nitrogen and oxygen atoms in total. The van der Waals surface area contributed by atoms with Crippen molar-refractivity contribution in [1.82, 2.24) is 5.32 Å². The van der Waals surface area contributed by atoms with Crippen LogP contribution in [0.3, 0.4) is 0 Å². The molecule has 1 heterocycles. The molecule has 3 heteroatoms. The van der Waals surface area contributed by atoms with E-state index in [9.17, 15) is 0 Å². The van der Waals surface area contributed by atoms with Crippen molar-refractivity contribution in [1.29, 1.82) is 5.26 Å². The summed E-state index contributed by atoms with van der Waals surface area (Å²) < 4.78 is 0. The van der Waals surface area contributed by atoms with E-state index < -0.39 is 0 Å². The van der Waals surface area contributed by atoms with E-state index in [0.29, 0.717) is 16.0 Å². The fourth-order valence-corrected chi connectivity index (χ4v) is 2.23. The number of hydrogen-bond donors (Lipinski definition) is 1. The van der Waals surface area contributed by atoms with Crippen molar-refractivity contribution in [3.63, 3.8) is 0 Å². The average molecular weight is 351 g/mol. The maximum Gasteiger partial charge on any atom is 0.101 e. The Labute approximate surface area is 154 Å². The summed E-state index contributed by atoms with van der Waals surface area (Å²) in [4.78, 5) is 0. The van der Waals surface area contributed by atoms with Crippen molar-refractivity contribution >= 4 is 11.6 Å². The largest absolute Gasteiger partial charge is 0.316 e. The zero-order valence-electron chi connectivity index (χ0n) is 16.5. The summed E-state index contributed by atoms with van der Waals surface area (Å²) in [5.74, 6) is 1.83. The van der Waals surface area contributed by atoms with E-state index in [2.05, 4.69) is 46.9 Å². The molecular formula is C21H35ClN2. The van der Waals surface area contributed by atoms with Crippen LogP contribution < -0.4 is 5.32 Å². The molecule has 1 aromatic rings. The zero-order chi connectivity index (χ0) is 18.8. The van der Waals surface area contributed by atoms with Gasteiger partial charge in [0, 0.05) is 0 Å². The first-order valence-corrected chi connectivity index (χ1v) is 9.35. The monoisotopic (exact) mass is 350 g/mol. The summed E-state index contributed by atoms with van der Waals surface area (Å²) in [6, 6.07) is 7.35. The van der Waals surface area contributed by atoms with Gasteiger partial charge < -0.3 is 5.32 Å². The van der Waals surface area contributed by atoms with Crippen molar-refractivity contribution in [3.8, 4) is 6.07 Å². The van der Waals surface area contributed by atoms with Crippen LogP contribution in [0.4, 0.5) is 0 Å². The minimum absolute atomic E-state index is 0.530. The van der Waals surface area contributed by atoms with Gasteiger partial charge in [0.05, 0.1) is 10.6 Å². The predicted molar refractivity (Wildman–Crippen MR) is 106 cm³/mol. The number of rotatable bonds is 1. The van der Waals surface area contributed by atoms with Gasteiger partial charge in [-0.05, 0) is 61.4 Å². The standard InChI is InChI=1S/C8H6ClN.C7H15N.C6H14/c1-6-2-3-7(5-10)8(9)4-6;1-6(2)7-3-4-8-5-7;1-5-6(2,3)4/h2-4H,1H3;6-8H,3-5H2,1-2H3;5H2,1-4H3. The maximum absolute atomic E-state index is 8.47. The molecule has 0 spiro atoms. The third-order valence-corrected chi connectivity index (χ3v) is 4.66. The lowest BCUT2D eigenvalue weighted by molar-refractivity contribution is 0.398. The fraction of sp³-hybridized carbons (Fsp3) is 0.667. The van der Waals surface area contributed by atoms with Crippen LogP contribution in [0.5, 0.6) is 0 Å². The second-order valence-corrected chi connectivity index (χ2v) is 8.41. The predicted octanol–water partition coefficient (Wildman–Crippen LogP) is 6.21. The highest BCUT2D eigenvalue weighted by molar-refractivity contribution is 6.31. The van der Waals surface area contributed by atoms with Gasteiger partial charge in [0.1, 0.15) is 6.07 Å². The molecule has 0 radical (unpaired) electrons. The van der Waals surface area contributed by atoms with Gasteiger partial charge in [-0.3, -0.25) is 0 Å². The maximum atomic E-state index is 8.47. The van der Waals surface area contributed by atoms with Crippen LogP contribution in [0, 0.1) is 35.5 Å². The molecule has 1 unspecified atom stereocenters. The number of nitrogens with zero attached hydrogens (tertiary/aromatic N) is 1. The Balaban J connectivity index is 0.000000343. The molecule has 0 amide bonds. The summed E-state index contributed by atoms with van der Waals surface area (Å²) in [7, 11) is 0. The van der Waals surface area contributed by atoms with Crippen LogP contribution in [0.25, 0.3) is 0 Å². The van der Waals surface area contributed by atoms with Crippen molar-refractivity contribution in [2.45, 2.75) is 61.3 Å². The van der Waals surface area contributed by atoms with E-state index in [1.54, 1.807) is 12.1 Å². The van der Waals surface area contributed by atoms with Gasteiger partial charge in [0.25, 0.3) is 0 Å². The van der Waals surface area contributed by atoms with E-state index in [4.69, 9.17) is 16.9 Å². The molecule has 1 aliphatic rings. The highest BCUT2D eigenvalue weighted by atomic mass is 35.5. The normalized spacial score (nSPS) is 16.6. The first-order chi connectivity index (χ1) is 11.1. The number of nitrogens with one attached hydrogen (secondary N) is 1. The Morgan fingerprint density at radius 1 is 1.33 bits per heavy atom. The van der Waals surface area contributed by atoms with E-state index >= 15 is 0 Å². The number of aryl methyl sites for hydroxylation is 1. The Bertz CT molecular complexity index is 504. The molecule has 1 fully saturated rings. The number of halogens is 1. The van der Waals surface area contributed by atoms with E-state index in [1.807, 2.05) is 19.1 Å². The average Bonchev–Trinajstić information content (AvgIpc) is 3.02. The SMILES string of the molecule is CC(C)C1CCNC1.CCC(C)(C)C.Cc1ccc(C#N)c(Cl)c1. The van der Waals surface area contributed by atoms with Crippen LogP contribution in [-0.4, -0.2) is 13.1 Å². The molecule has 0 saturated carbocycles. The summed E-state index contributed by atoms with van der Waals surface area (Å²) in [6.07, 6.45) is 2.66. The highest BCUT2D eigenvalue weighted by Crippen LogP contribution is 2.17.